The number of fused-ring (bicyclic) bond motifs is 13. The molecule has 1 atom stereocenters. The second-order valence-electron chi connectivity index (χ2n) is 15.9. The Kier molecular flexibility index (Phi) is 6.27. The van der Waals surface area contributed by atoms with E-state index in [4.69, 9.17) is 0 Å². The quantitative estimate of drug-likeness (QED) is 0.164. The van der Waals surface area contributed by atoms with Crippen molar-refractivity contribution >= 4 is 54.1 Å². The molecule has 0 amide bonds. The first-order valence-electron chi connectivity index (χ1n) is 18.9. The van der Waals surface area contributed by atoms with Crippen molar-refractivity contribution in [1.29, 1.82) is 0 Å². The number of para-hydroxylation sites is 1. The van der Waals surface area contributed by atoms with Crippen LogP contribution in [0.1, 0.15) is 43.9 Å². The van der Waals surface area contributed by atoms with Crippen molar-refractivity contribution in [2.24, 2.45) is 0 Å². The molecule has 0 bridgehead atoms. The standard InChI is InChI=1S/C52H39N/c1-51(2)44-21-11-9-16-37(44)39-28-25-34(31-45(39)51)33-23-26-35(27-24-33)53-47-22-12-10-20-42(47)49-48-40-18-7-6-17-38(40)46(52(3)29-13-4-14-30-52)32-43(48)36-15-5-8-19-41(36)50(49)53/h4-29,31-32H,30H2,1-3H3. The third-order valence-corrected chi connectivity index (χ3v) is 12.6. The van der Waals surface area contributed by atoms with Gasteiger partial charge in [-0.2, -0.15) is 0 Å². The van der Waals surface area contributed by atoms with Crippen LogP contribution in [0, 0.1) is 0 Å². The number of nitrogens with zero attached hydrogens (tertiary/aromatic N) is 1. The summed E-state index contributed by atoms with van der Waals surface area (Å²) < 4.78 is 2.51. The summed E-state index contributed by atoms with van der Waals surface area (Å²) in [6.45, 7) is 7.10. The maximum absolute atomic E-state index is 2.51. The van der Waals surface area contributed by atoms with E-state index >= 15 is 0 Å². The Morgan fingerprint density at radius 3 is 1.92 bits per heavy atom. The van der Waals surface area contributed by atoms with Crippen LogP contribution in [0.5, 0.6) is 0 Å². The molecule has 9 aromatic rings. The Morgan fingerprint density at radius 1 is 0.472 bits per heavy atom. The minimum absolute atomic E-state index is 0.0263. The van der Waals surface area contributed by atoms with Crippen LogP contribution >= 0.6 is 0 Å². The zero-order valence-electron chi connectivity index (χ0n) is 30.3. The molecule has 0 fully saturated rings. The average Bonchev–Trinajstić information content (AvgIpc) is 3.67. The maximum Gasteiger partial charge on any atom is 0.0626 e. The van der Waals surface area contributed by atoms with Gasteiger partial charge in [0, 0.05) is 38.1 Å². The third-order valence-electron chi connectivity index (χ3n) is 12.6. The summed E-state index contributed by atoms with van der Waals surface area (Å²) in [4.78, 5) is 0. The molecule has 0 saturated heterocycles. The van der Waals surface area contributed by atoms with E-state index in [0.717, 1.165) is 6.42 Å². The molecule has 1 nitrogen and oxygen atoms in total. The molecule has 2 aliphatic carbocycles. The first-order valence-corrected chi connectivity index (χ1v) is 18.9. The summed E-state index contributed by atoms with van der Waals surface area (Å²) >= 11 is 0. The van der Waals surface area contributed by atoms with E-state index < -0.39 is 0 Å². The van der Waals surface area contributed by atoms with Crippen LogP contribution in [-0.2, 0) is 10.8 Å². The lowest BCUT2D eigenvalue weighted by Crippen LogP contribution is -2.20. The Balaban J connectivity index is 1.16. The Labute approximate surface area is 310 Å². The molecular weight excluding hydrogens is 639 g/mol. The van der Waals surface area contributed by atoms with E-state index in [9.17, 15) is 0 Å². The summed E-state index contributed by atoms with van der Waals surface area (Å²) in [5.74, 6) is 0. The van der Waals surface area contributed by atoms with Gasteiger partial charge in [-0.3, -0.25) is 0 Å². The number of rotatable bonds is 3. The van der Waals surface area contributed by atoms with Gasteiger partial charge in [0.25, 0.3) is 0 Å². The number of allylic oxidation sites excluding steroid dienone is 4. The fraction of sp³-hybridized carbons (Fsp3) is 0.115. The maximum atomic E-state index is 2.51. The number of aromatic nitrogens is 1. The van der Waals surface area contributed by atoms with Gasteiger partial charge in [-0.25, -0.2) is 0 Å². The zero-order chi connectivity index (χ0) is 35.5. The van der Waals surface area contributed by atoms with Gasteiger partial charge in [-0.05, 0) is 97.2 Å². The minimum atomic E-state index is -0.0765. The lowest BCUT2D eigenvalue weighted by Gasteiger charge is -2.29. The third kappa shape index (κ3) is 4.20. The average molecular weight is 678 g/mol. The first-order chi connectivity index (χ1) is 25.9. The lowest BCUT2D eigenvalue weighted by molar-refractivity contribution is 0.606. The van der Waals surface area contributed by atoms with Crippen LogP contribution in [-0.4, -0.2) is 4.57 Å². The molecule has 11 rings (SSSR count). The van der Waals surface area contributed by atoms with E-state index in [1.165, 1.54) is 98.8 Å². The second kappa shape index (κ2) is 10.9. The molecule has 0 radical (unpaired) electrons. The van der Waals surface area contributed by atoms with Gasteiger partial charge in [0.1, 0.15) is 0 Å². The monoisotopic (exact) mass is 677 g/mol. The van der Waals surface area contributed by atoms with E-state index in [1.54, 1.807) is 0 Å². The highest BCUT2D eigenvalue weighted by atomic mass is 15.0. The molecule has 0 aliphatic heterocycles. The molecule has 252 valence electrons. The molecule has 1 heteroatoms. The van der Waals surface area contributed by atoms with Gasteiger partial charge in [-0.1, -0.05) is 160 Å². The highest BCUT2D eigenvalue weighted by Crippen LogP contribution is 2.50. The van der Waals surface area contributed by atoms with Gasteiger partial charge >= 0.3 is 0 Å². The molecule has 1 aromatic heterocycles. The summed E-state index contributed by atoms with van der Waals surface area (Å²) in [6, 6.07) is 54.8. The molecule has 1 unspecified atom stereocenters. The molecule has 2 aliphatic rings. The van der Waals surface area contributed by atoms with Crippen LogP contribution in [0.4, 0.5) is 0 Å². The summed E-state index contributed by atoms with van der Waals surface area (Å²) in [6.07, 6.45) is 10.1. The molecule has 8 aromatic carbocycles. The topological polar surface area (TPSA) is 4.93 Å². The number of hydrogen-bond acceptors (Lipinski definition) is 0. The number of benzene rings is 8. The summed E-state index contributed by atoms with van der Waals surface area (Å²) in [7, 11) is 0. The Morgan fingerprint density at radius 2 is 1.13 bits per heavy atom. The van der Waals surface area contributed by atoms with Crippen molar-refractivity contribution in [1.82, 2.24) is 4.57 Å². The highest BCUT2D eigenvalue weighted by Gasteiger charge is 2.35. The van der Waals surface area contributed by atoms with Crippen LogP contribution in [0.3, 0.4) is 0 Å². The highest BCUT2D eigenvalue weighted by molar-refractivity contribution is 6.37. The molecule has 0 spiro atoms. The van der Waals surface area contributed by atoms with Crippen LogP contribution in [0.25, 0.3) is 82.1 Å². The minimum Gasteiger partial charge on any atom is -0.309 e. The van der Waals surface area contributed by atoms with E-state index in [1.807, 2.05) is 0 Å². The fourth-order valence-corrected chi connectivity index (χ4v) is 9.88. The molecule has 53 heavy (non-hydrogen) atoms. The van der Waals surface area contributed by atoms with Gasteiger partial charge in [-0.15, -0.1) is 0 Å². The predicted molar refractivity (Wildman–Crippen MR) is 227 cm³/mol. The van der Waals surface area contributed by atoms with Gasteiger partial charge in [0.15, 0.2) is 0 Å². The predicted octanol–water partition coefficient (Wildman–Crippen LogP) is 14.0. The van der Waals surface area contributed by atoms with Crippen molar-refractivity contribution in [2.75, 3.05) is 0 Å². The van der Waals surface area contributed by atoms with Crippen molar-refractivity contribution in [2.45, 2.75) is 38.0 Å². The molecule has 0 N–H and O–H groups in total. The first kappa shape index (κ1) is 30.4. The van der Waals surface area contributed by atoms with E-state index in [2.05, 4.69) is 195 Å². The Hall–Kier alpha value is -6.18. The zero-order valence-corrected chi connectivity index (χ0v) is 30.3. The van der Waals surface area contributed by atoms with Gasteiger partial charge in [0.2, 0.25) is 0 Å². The van der Waals surface area contributed by atoms with Crippen molar-refractivity contribution < 1.29 is 0 Å². The van der Waals surface area contributed by atoms with Crippen LogP contribution in [0.15, 0.2) is 170 Å². The van der Waals surface area contributed by atoms with Crippen molar-refractivity contribution in [3.8, 4) is 27.9 Å². The van der Waals surface area contributed by atoms with E-state index in [-0.39, 0.29) is 10.8 Å². The van der Waals surface area contributed by atoms with Crippen LogP contribution in [0.2, 0.25) is 0 Å². The van der Waals surface area contributed by atoms with Crippen LogP contribution < -0.4 is 0 Å². The molecule has 1 heterocycles. The normalized spacial score (nSPS) is 17.3. The van der Waals surface area contributed by atoms with E-state index in [0.29, 0.717) is 0 Å². The summed E-state index contributed by atoms with van der Waals surface area (Å²) in [5.41, 5.74) is 13.0. The lowest BCUT2D eigenvalue weighted by atomic mass is 9.74. The Bertz CT molecular complexity index is 3060. The SMILES string of the molecule is CC1(c2cc3c4ccccc4c4c(c5ccccc5n4-c4ccc(-c5ccc6c(c5)C(C)(C)c5ccccc5-6)cc4)c3c3ccccc23)C=CC=CC1. The van der Waals surface area contributed by atoms with Gasteiger partial charge in [0.05, 0.1) is 11.0 Å². The molecule has 0 saturated carbocycles. The second-order valence-corrected chi connectivity index (χ2v) is 15.9. The summed E-state index contributed by atoms with van der Waals surface area (Å²) in [5, 5.41) is 10.5. The largest absolute Gasteiger partial charge is 0.309 e. The van der Waals surface area contributed by atoms with Crippen molar-refractivity contribution in [3.63, 3.8) is 0 Å². The number of hydrogen-bond donors (Lipinski definition) is 0. The molecular formula is C52H39N. The fourth-order valence-electron chi connectivity index (χ4n) is 9.88. The van der Waals surface area contributed by atoms with Crippen molar-refractivity contribution in [3.05, 3.63) is 187 Å². The smallest absolute Gasteiger partial charge is 0.0626 e. The van der Waals surface area contributed by atoms with Gasteiger partial charge < -0.3 is 4.57 Å².